The van der Waals surface area contributed by atoms with Crippen LogP contribution < -0.4 is 14.8 Å². The Kier molecular flexibility index (Phi) is 5.33. The number of nitrogens with one attached hydrogen (secondary N) is 1. The first kappa shape index (κ1) is 21.8. The van der Waals surface area contributed by atoms with Gasteiger partial charge >= 0.3 is 0 Å². The first-order valence-electron chi connectivity index (χ1n) is 10.7. The summed E-state index contributed by atoms with van der Waals surface area (Å²) in [5, 5.41) is 3.08. The Labute approximate surface area is 194 Å². The number of nitrogens with zero attached hydrogens (tertiary/aromatic N) is 1. The van der Waals surface area contributed by atoms with Crippen molar-refractivity contribution in [1.82, 2.24) is 4.31 Å². The van der Waals surface area contributed by atoms with E-state index in [2.05, 4.69) is 5.32 Å². The van der Waals surface area contributed by atoms with Gasteiger partial charge in [-0.05, 0) is 65.9 Å². The van der Waals surface area contributed by atoms with E-state index in [1.54, 1.807) is 26.2 Å². The summed E-state index contributed by atoms with van der Waals surface area (Å²) in [4.78, 5) is 13.7. The molecule has 172 valence electrons. The zero-order chi connectivity index (χ0) is 23.2. The lowest BCUT2D eigenvalue weighted by molar-refractivity contribution is -0.118. The molecule has 2 aliphatic rings. The number of carbonyl (C=O) groups is 1. The molecule has 33 heavy (non-hydrogen) atoms. The normalized spacial score (nSPS) is 16.5. The molecule has 0 atom stereocenters. The van der Waals surface area contributed by atoms with Crippen LogP contribution >= 0.6 is 10.8 Å². The molecule has 3 N–H and O–H groups in total. The maximum absolute atomic E-state index is 13.2. The number of carbonyl (C=O) groups excluding carboxylic acids is 1. The summed E-state index contributed by atoms with van der Waals surface area (Å²) in [5.74, 6) is 1.36. The Hall–Kier alpha value is -3.04. The van der Waals surface area contributed by atoms with Crippen LogP contribution in [0.5, 0.6) is 11.5 Å². The Morgan fingerprint density at radius 2 is 1.67 bits per heavy atom. The lowest BCUT2D eigenvalue weighted by Crippen LogP contribution is -2.27. The summed E-state index contributed by atoms with van der Waals surface area (Å²) >= 11 is 0. The van der Waals surface area contributed by atoms with Gasteiger partial charge in [-0.2, -0.15) is 0 Å². The lowest BCUT2D eigenvalue weighted by Gasteiger charge is -2.38. The van der Waals surface area contributed by atoms with Gasteiger partial charge in [0.25, 0.3) is 0 Å². The minimum absolute atomic E-state index is 0.0335. The maximum atomic E-state index is 13.2. The van der Waals surface area contributed by atoms with E-state index >= 15 is 0 Å². The van der Waals surface area contributed by atoms with E-state index in [4.69, 9.17) is 9.47 Å². The van der Waals surface area contributed by atoms with Gasteiger partial charge in [-0.15, -0.1) is 10.8 Å². The fourth-order valence-electron chi connectivity index (χ4n) is 4.03. The second-order valence-electron chi connectivity index (χ2n) is 8.54. The Morgan fingerprint density at radius 1 is 0.939 bits per heavy atom. The van der Waals surface area contributed by atoms with E-state index in [-0.39, 0.29) is 12.7 Å². The number of fused-ring (bicyclic) bond motifs is 1. The smallest absolute Gasteiger partial charge is 0.235 e. The Balaban J connectivity index is 1.34. The number of amides is 1. The number of rotatable bonds is 6. The van der Waals surface area contributed by atoms with Crippen LogP contribution in [-0.2, 0) is 10.2 Å². The SMILES string of the molecule is CN(C)S(O)(O)c1ccc(-c2cccc(NC(=O)C3(c4ccc5c(c4)OCO5)CC3)c2)cc1. The molecule has 0 radical (unpaired) electrons. The van der Waals surface area contributed by atoms with Gasteiger partial charge in [0.15, 0.2) is 11.5 Å². The van der Waals surface area contributed by atoms with Crippen molar-refractivity contribution >= 4 is 22.4 Å². The molecular formula is C25H26N2O5S. The van der Waals surface area contributed by atoms with E-state index in [1.165, 1.54) is 4.31 Å². The predicted octanol–water partition coefficient (Wildman–Crippen LogP) is 5.34. The fraction of sp³-hybridized carbons (Fsp3) is 0.240. The molecule has 3 aromatic rings. The highest BCUT2D eigenvalue weighted by molar-refractivity contribution is 8.22. The predicted molar refractivity (Wildman–Crippen MR) is 129 cm³/mol. The first-order valence-corrected chi connectivity index (χ1v) is 12.2. The monoisotopic (exact) mass is 466 g/mol. The largest absolute Gasteiger partial charge is 0.454 e. The molecule has 0 spiro atoms. The van der Waals surface area contributed by atoms with E-state index in [1.807, 2.05) is 54.6 Å². The zero-order valence-corrected chi connectivity index (χ0v) is 19.3. The van der Waals surface area contributed by atoms with Crippen LogP contribution in [0.15, 0.2) is 71.6 Å². The van der Waals surface area contributed by atoms with Gasteiger partial charge in [-0.25, -0.2) is 4.31 Å². The van der Waals surface area contributed by atoms with E-state index in [0.717, 1.165) is 29.5 Å². The molecule has 5 rings (SSSR count). The van der Waals surface area contributed by atoms with Crippen molar-refractivity contribution in [3.05, 3.63) is 72.3 Å². The van der Waals surface area contributed by atoms with Gasteiger partial charge in [0.2, 0.25) is 12.7 Å². The van der Waals surface area contributed by atoms with Crippen LogP contribution in [0.25, 0.3) is 11.1 Å². The van der Waals surface area contributed by atoms with Gasteiger partial charge in [-0.1, -0.05) is 30.3 Å². The molecule has 1 amide bonds. The standard InChI is InChI=1S/C25H26N2O5S/c1-27(2)33(29,30)21-9-6-17(7-10-21)18-4-3-5-20(14-18)26-24(28)25(12-13-25)19-8-11-22-23(15-19)32-16-31-22/h3-11,14-15,29-30H,12-13,16H2,1-2H3,(H,26,28). The van der Waals surface area contributed by atoms with Crippen molar-refractivity contribution in [3.63, 3.8) is 0 Å². The summed E-state index contributed by atoms with van der Waals surface area (Å²) in [6.07, 6.45) is 1.58. The molecule has 1 heterocycles. The van der Waals surface area contributed by atoms with Crippen LogP contribution in [0.4, 0.5) is 5.69 Å². The molecule has 0 bridgehead atoms. The van der Waals surface area contributed by atoms with Gasteiger partial charge < -0.3 is 14.8 Å². The van der Waals surface area contributed by atoms with Crippen molar-refractivity contribution in [2.24, 2.45) is 0 Å². The van der Waals surface area contributed by atoms with E-state index in [0.29, 0.717) is 22.1 Å². The molecule has 0 saturated heterocycles. The summed E-state index contributed by atoms with van der Waals surface area (Å²) in [5.41, 5.74) is 2.95. The van der Waals surface area contributed by atoms with Crippen LogP contribution in [-0.4, -0.2) is 40.2 Å². The number of hydrogen-bond acceptors (Lipinski definition) is 6. The third-order valence-electron chi connectivity index (χ3n) is 6.24. The quantitative estimate of drug-likeness (QED) is 0.454. The molecule has 3 aromatic carbocycles. The van der Waals surface area contributed by atoms with E-state index in [9.17, 15) is 13.9 Å². The van der Waals surface area contributed by atoms with Crippen molar-refractivity contribution in [3.8, 4) is 22.6 Å². The summed E-state index contributed by atoms with van der Waals surface area (Å²) < 4.78 is 32.9. The molecule has 0 aromatic heterocycles. The molecule has 1 aliphatic carbocycles. The molecule has 1 aliphatic heterocycles. The summed E-state index contributed by atoms with van der Waals surface area (Å²) in [6.45, 7) is 0.208. The van der Waals surface area contributed by atoms with Crippen LogP contribution in [0.3, 0.4) is 0 Å². The summed E-state index contributed by atoms with van der Waals surface area (Å²) in [6, 6.07) is 20.5. The molecular weight excluding hydrogens is 440 g/mol. The van der Waals surface area contributed by atoms with Crippen molar-refractivity contribution in [2.45, 2.75) is 23.2 Å². The highest BCUT2D eigenvalue weighted by Crippen LogP contribution is 2.51. The number of benzene rings is 3. The van der Waals surface area contributed by atoms with Gasteiger partial charge in [0, 0.05) is 19.8 Å². The van der Waals surface area contributed by atoms with Gasteiger partial charge in [-0.3, -0.25) is 13.9 Å². The van der Waals surface area contributed by atoms with Crippen LogP contribution in [0.2, 0.25) is 0 Å². The van der Waals surface area contributed by atoms with Crippen molar-refractivity contribution in [1.29, 1.82) is 0 Å². The average Bonchev–Trinajstić information content (AvgIpc) is 3.50. The van der Waals surface area contributed by atoms with Crippen LogP contribution in [0.1, 0.15) is 18.4 Å². The Bertz CT molecular complexity index is 1210. The molecule has 1 saturated carbocycles. The van der Waals surface area contributed by atoms with Crippen LogP contribution in [0, 0.1) is 0 Å². The minimum atomic E-state index is -2.98. The number of hydrogen-bond donors (Lipinski definition) is 3. The number of ether oxygens (including phenoxy) is 2. The molecule has 8 heteroatoms. The van der Waals surface area contributed by atoms with E-state index < -0.39 is 16.2 Å². The first-order chi connectivity index (χ1) is 15.8. The second kappa shape index (κ2) is 8.07. The molecule has 0 unspecified atom stereocenters. The zero-order valence-electron chi connectivity index (χ0n) is 18.4. The average molecular weight is 467 g/mol. The minimum Gasteiger partial charge on any atom is -0.454 e. The topological polar surface area (TPSA) is 91.3 Å². The maximum Gasteiger partial charge on any atom is 0.235 e. The van der Waals surface area contributed by atoms with Crippen molar-refractivity contribution in [2.75, 3.05) is 26.2 Å². The third-order valence-corrected chi connectivity index (χ3v) is 8.17. The van der Waals surface area contributed by atoms with Gasteiger partial charge in [0.1, 0.15) is 0 Å². The fourth-order valence-corrected chi connectivity index (χ4v) is 4.96. The number of anilines is 1. The second-order valence-corrected chi connectivity index (χ2v) is 10.8. The molecule has 7 nitrogen and oxygen atoms in total. The molecule has 1 fully saturated rings. The summed E-state index contributed by atoms with van der Waals surface area (Å²) in [7, 11) is 0.281. The lowest BCUT2D eigenvalue weighted by atomic mass is 9.94. The van der Waals surface area contributed by atoms with Crippen molar-refractivity contribution < 1.29 is 23.4 Å². The van der Waals surface area contributed by atoms with Gasteiger partial charge in [0.05, 0.1) is 10.3 Å². The highest BCUT2D eigenvalue weighted by atomic mass is 32.3. The third kappa shape index (κ3) is 3.95. The Morgan fingerprint density at radius 3 is 2.36 bits per heavy atom. The highest BCUT2D eigenvalue weighted by Gasteiger charge is 2.51.